The van der Waals surface area contributed by atoms with Crippen LogP contribution in [-0.4, -0.2) is 92.2 Å². The van der Waals surface area contributed by atoms with Gasteiger partial charge in [-0.25, -0.2) is 4.79 Å². The summed E-state index contributed by atoms with van der Waals surface area (Å²) in [6.45, 7) is 11.3. The van der Waals surface area contributed by atoms with Crippen LogP contribution in [0.1, 0.15) is 87.7 Å². The molecule has 13 nitrogen and oxygen atoms in total. The van der Waals surface area contributed by atoms with E-state index in [0.29, 0.717) is 64.6 Å². The summed E-state index contributed by atoms with van der Waals surface area (Å²) in [5.74, 6) is -0.982. The fourth-order valence-corrected chi connectivity index (χ4v) is 6.67. The molecular weight excluding hydrogens is 738 g/mol. The van der Waals surface area contributed by atoms with Crippen LogP contribution >= 0.6 is 11.6 Å². The zero-order chi connectivity index (χ0) is 41.5. The lowest BCUT2D eigenvalue weighted by atomic mass is 9.99. The molecule has 0 aromatic heterocycles. The first-order valence-corrected chi connectivity index (χ1v) is 19.3. The number of nitrogen functional groups attached to an aromatic ring is 1. The lowest BCUT2D eigenvalue weighted by Crippen LogP contribution is -2.45. The highest BCUT2D eigenvalue weighted by molar-refractivity contribution is 6.35. The molecule has 2 fully saturated rings. The topological polar surface area (TPSA) is 176 Å². The highest BCUT2D eigenvalue weighted by atomic mass is 35.5. The summed E-state index contributed by atoms with van der Waals surface area (Å²) >= 11 is 6.55. The van der Waals surface area contributed by atoms with Crippen LogP contribution in [0.4, 0.5) is 21.9 Å². The van der Waals surface area contributed by atoms with Crippen LogP contribution in [-0.2, 0) is 25.5 Å². The summed E-state index contributed by atoms with van der Waals surface area (Å²) < 4.78 is 16.7. The molecule has 0 saturated carbocycles. The molecule has 304 valence electrons. The van der Waals surface area contributed by atoms with E-state index in [1.54, 1.807) is 37.4 Å². The number of carbonyl (C=O) groups is 4. The zero-order valence-electron chi connectivity index (χ0n) is 33.5. The van der Waals surface area contributed by atoms with Gasteiger partial charge in [-0.05, 0) is 62.4 Å². The predicted octanol–water partition coefficient (Wildman–Crippen LogP) is 7.77. The molecule has 56 heavy (non-hydrogen) atoms. The highest BCUT2D eigenvalue weighted by Gasteiger charge is 2.42. The van der Waals surface area contributed by atoms with Gasteiger partial charge in [-0.3, -0.25) is 19.4 Å². The third-order valence-electron chi connectivity index (χ3n) is 9.23. The number of anilines is 2. The number of nitrogens with zero attached hydrogens (tertiary/aromatic N) is 3. The van der Waals surface area contributed by atoms with Crippen molar-refractivity contribution in [3.05, 3.63) is 76.4 Å². The average Bonchev–Trinajstić information content (AvgIpc) is 3.92. The molecule has 3 aliphatic heterocycles. The Labute approximate surface area is 335 Å². The minimum atomic E-state index is -1.08. The number of ether oxygens (including phenoxy) is 3. The molecule has 14 heteroatoms. The third kappa shape index (κ3) is 12.7. The number of amides is 3. The van der Waals surface area contributed by atoms with Gasteiger partial charge in [0, 0.05) is 56.7 Å². The highest BCUT2D eigenvalue weighted by Crippen LogP contribution is 2.38. The maximum Gasteiger partial charge on any atom is 0.407 e. The number of allylic oxidation sites excluding steroid dienone is 3. The summed E-state index contributed by atoms with van der Waals surface area (Å²) in [5, 5.41) is 12.1. The van der Waals surface area contributed by atoms with Crippen LogP contribution in [0.15, 0.2) is 59.6 Å². The van der Waals surface area contributed by atoms with Crippen LogP contribution in [0.2, 0.25) is 5.02 Å². The number of hydrogen-bond donors (Lipinski definition) is 3. The van der Waals surface area contributed by atoms with Crippen molar-refractivity contribution in [2.75, 3.05) is 38.4 Å². The number of carboxylic acids is 1. The zero-order valence-corrected chi connectivity index (χ0v) is 34.2. The fourth-order valence-electron chi connectivity index (χ4n) is 6.36. The Bertz CT molecular complexity index is 1830. The van der Waals surface area contributed by atoms with Gasteiger partial charge < -0.3 is 40.2 Å². The average molecular weight is 794 g/mol. The molecule has 0 radical (unpaired) electrons. The SMILES string of the molecule is C=Cc1c(C(=O)N(C)CC(=O)O)ccc(N)c1N=CCC.CC.COc1cc2cc(c1Cl)N(C)C(=O)CCC1OC1CC1CC(C/C=C/C=C(\C)C2)NC(=O)O1. The number of carboxylic acid groups (broad SMARTS) is 1. The number of alkyl carbamates (subject to hydrolysis) is 1. The van der Waals surface area contributed by atoms with Crippen LogP contribution in [0.3, 0.4) is 0 Å². The number of benzene rings is 2. The second-order valence-electron chi connectivity index (χ2n) is 13.5. The number of aliphatic carboxylic acids is 1. The van der Waals surface area contributed by atoms with E-state index in [-0.39, 0.29) is 42.9 Å². The molecule has 2 saturated heterocycles. The predicted molar refractivity (Wildman–Crippen MR) is 222 cm³/mol. The fraction of sp³-hybridized carbons (Fsp3) is 0.452. The van der Waals surface area contributed by atoms with Crippen molar-refractivity contribution in [3.8, 4) is 5.75 Å². The molecular formula is C42H56ClN5O8. The second-order valence-corrected chi connectivity index (χ2v) is 13.9. The Kier molecular flexibility index (Phi) is 17.6. The molecule has 3 aliphatic rings. The number of carbonyl (C=O) groups excluding carboxylic acids is 3. The second kappa shape index (κ2) is 21.8. The van der Waals surface area contributed by atoms with Gasteiger partial charge in [0.1, 0.15) is 23.4 Å². The van der Waals surface area contributed by atoms with Gasteiger partial charge in [-0.2, -0.15) is 0 Å². The molecule has 5 rings (SSSR count). The first-order chi connectivity index (χ1) is 26.8. The van der Waals surface area contributed by atoms with Crippen molar-refractivity contribution in [2.45, 2.75) is 97.0 Å². The number of likely N-dealkylation sites (N-methyl/N-ethyl adjacent to an activating group) is 1. The first-order valence-electron chi connectivity index (χ1n) is 18.9. The molecule has 3 heterocycles. The lowest BCUT2D eigenvalue weighted by molar-refractivity contribution is -0.137. The number of halogens is 1. The van der Waals surface area contributed by atoms with E-state index in [1.165, 1.54) is 13.1 Å². The van der Waals surface area contributed by atoms with E-state index < -0.39 is 11.9 Å². The van der Waals surface area contributed by atoms with Crippen molar-refractivity contribution in [1.82, 2.24) is 10.2 Å². The molecule has 4 unspecified atom stereocenters. The third-order valence-corrected chi connectivity index (χ3v) is 9.61. The van der Waals surface area contributed by atoms with Crippen molar-refractivity contribution in [2.24, 2.45) is 4.99 Å². The van der Waals surface area contributed by atoms with Crippen molar-refractivity contribution in [3.63, 3.8) is 0 Å². The van der Waals surface area contributed by atoms with Gasteiger partial charge in [0.05, 0.1) is 36.4 Å². The van der Waals surface area contributed by atoms with E-state index in [1.807, 2.05) is 39.0 Å². The number of aliphatic imine (C=N–C) groups is 1. The Hall–Kier alpha value is -5.14. The molecule has 0 spiro atoms. The number of hydrogen-bond acceptors (Lipinski definition) is 9. The van der Waals surface area contributed by atoms with E-state index in [0.717, 1.165) is 35.3 Å². The summed E-state index contributed by atoms with van der Waals surface area (Å²) in [6.07, 6.45) is 13.4. The van der Waals surface area contributed by atoms with Crippen molar-refractivity contribution < 1.29 is 38.5 Å². The van der Waals surface area contributed by atoms with Crippen molar-refractivity contribution in [1.29, 1.82) is 0 Å². The molecule has 0 aliphatic carbocycles. The molecule has 4 atom stereocenters. The van der Waals surface area contributed by atoms with Crippen molar-refractivity contribution >= 4 is 64.8 Å². The first kappa shape index (κ1) is 45.3. The summed E-state index contributed by atoms with van der Waals surface area (Å²) in [4.78, 5) is 54.9. The largest absolute Gasteiger partial charge is 0.495 e. The van der Waals surface area contributed by atoms with Gasteiger partial charge in [0.15, 0.2) is 0 Å². The van der Waals surface area contributed by atoms with Crippen LogP contribution in [0, 0.1) is 0 Å². The van der Waals surface area contributed by atoms with Gasteiger partial charge in [-0.15, -0.1) is 0 Å². The molecule has 3 amide bonds. The normalized spacial score (nSPS) is 22.3. The number of rotatable bonds is 7. The minimum absolute atomic E-state index is 0.0135. The summed E-state index contributed by atoms with van der Waals surface area (Å²) in [6, 6.07) is 7.03. The number of epoxide rings is 1. The molecule has 2 aromatic rings. The Balaban J connectivity index is 0.000000317. The van der Waals surface area contributed by atoms with E-state index in [2.05, 4.69) is 36.0 Å². The number of nitrogens with two attached hydrogens (primary N) is 1. The Morgan fingerprint density at radius 3 is 2.61 bits per heavy atom. The standard InChI is InChI=1S/C25H31ClN2O5.C15H19N3O3.C2H6/c1-15-6-4-5-7-17-13-18(32-25(30)27-17)14-21-20(33-21)8-9-23(29)28(2)19-11-16(10-15)12-22(31-3)24(19)26;1-4-8-17-14-10(5-2)11(6-7-12(14)16)15(21)18(3)9-13(19)20;1-2/h4-6,11-12,17-18,20-21H,7-10,13-14H2,1-3H3,(H,27,30);5-8H,2,4,9,16H2,1,3H3,(H,19,20);1-2H3/b5-4+,15-6+;;. The van der Waals surface area contributed by atoms with Gasteiger partial charge in [0.25, 0.3) is 5.91 Å². The van der Waals surface area contributed by atoms with Gasteiger partial charge >= 0.3 is 12.1 Å². The number of fused-ring (bicyclic) bond motifs is 5. The van der Waals surface area contributed by atoms with Gasteiger partial charge in [-0.1, -0.05) is 68.8 Å². The van der Waals surface area contributed by atoms with Crippen LogP contribution in [0.25, 0.3) is 6.08 Å². The van der Waals surface area contributed by atoms with Gasteiger partial charge in [0.2, 0.25) is 5.91 Å². The molecule has 2 aromatic carbocycles. The van der Waals surface area contributed by atoms with Crippen LogP contribution in [0.5, 0.6) is 5.75 Å². The molecule has 4 N–H and O–H groups in total. The Morgan fingerprint density at radius 2 is 1.95 bits per heavy atom. The number of methoxy groups -OCH3 is 1. The maximum absolute atomic E-state index is 12.9. The Morgan fingerprint density at radius 1 is 1.21 bits per heavy atom. The van der Waals surface area contributed by atoms with Crippen LogP contribution < -0.4 is 20.7 Å². The summed E-state index contributed by atoms with van der Waals surface area (Å²) in [5.41, 5.74) is 10.4. The monoisotopic (exact) mass is 793 g/mol. The molecule has 4 bridgehead atoms. The maximum atomic E-state index is 12.9. The minimum Gasteiger partial charge on any atom is -0.495 e. The van der Waals surface area contributed by atoms with E-state index in [4.69, 9.17) is 36.7 Å². The van der Waals surface area contributed by atoms with E-state index in [9.17, 15) is 19.2 Å². The lowest BCUT2D eigenvalue weighted by Gasteiger charge is -2.29. The summed E-state index contributed by atoms with van der Waals surface area (Å²) in [7, 11) is 4.74. The van der Waals surface area contributed by atoms with E-state index >= 15 is 0 Å². The quantitative estimate of drug-likeness (QED) is 0.144. The number of nitrogens with one attached hydrogen (secondary N) is 1. The smallest absolute Gasteiger partial charge is 0.407 e.